The molecule has 1 heterocycles. The Bertz CT molecular complexity index is 304. The Kier molecular flexibility index (Phi) is 2.04. The highest BCUT2D eigenvalue weighted by Gasteiger charge is 2.12. The third-order valence-corrected chi connectivity index (χ3v) is 2.59. The number of hydrogen-bond acceptors (Lipinski definition) is 1. The van der Waals surface area contributed by atoms with E-state index in [0.717, 1.165) is 5.69 Å². The van der Waals surface area contributed by atoms with Crippen LogP contribution >= 0.6 is 15.9 Å². The summed E-state index contributed by atoms with van der Waals surface area (Å²) in [4.78, 5) is 10.5. The number of aromatic nitrogens is 1. The van der Waals surface area contributed by atoms with Crippen LogP contribution in [0.25, 0.3) is 0 Å². The highest BCUT2D eigenvalue weighted by Crippen LogP contribution is 2.19. The zero-order valence-corrected chi connectivity index (χ0v) is 7.84. The van der Waals surface area contributed by atoms with E-state index >= 15 is 0 Å². The van der Waals surface area contributed by atoms with Gasteiger partial charge in [0.05, 0.1) is 10.2 Å². The monoisotopic (exact) mass is 217 g/mol. The van der Waals surface area contributed by atoms with Crippen molar-refractivity contribution in [1.29, 1.82) is 0 Å². The van der Waals surface area contributed by atoms with Crippen molar-refractivity contribution in [3.8, 4) is 0 Å². The summed E-state index contributed by atoms with van der Waals surface area (Å²) in [7, 11) is 1.81. The van der Waals surface area contributed by atoms with E-state index < -0.39 is 5.97 Å². The molecule has 0 aliphatic carbocycles. The van der Waals surface area contributed by atoms with Crippen molar-refractivity contribution in [1.82, 2.24) is 4.57 Å². The molecule has 0 bridgehead atoms. The van der Waals surface area contributed by atoms with Crippen LogP contribution in [-0.4, -0.2) is 15.6 Å². The van der Waals surface area contributed by atoms with Crippen LogP contribution in [0, 0.1) is 6.92 Å². The Labute approximate surface area is 72.8 Å². The Morgan fingerprint density at radius 1 is 1.73 bits per heavy atom. The molecule has 0 aliphatic heterocycles. The minimum atomic E-state index is -0.902. The largest absolute Gasteiger partial charge is 0.478 e. The second-order valence-corrected chi connectivity index (χ2v) is 3.11. The first-order chi connectivity index (χ1) is 5.04. The number of rotatable bonds is 1. The highest BCUT2D eigenvalue weighted by atomic mass is 79.9. The van der Waals surface area contributed by atoms with E-state index in [0.29, 0.717) is 10.2 Å². The third-order valence-electron chi connectivity index (χ3n) is 1.63. The van der Waals surface area contributed by atoms with Crippen LogP contribution in [0.4, 0.5) is 0 Å². The smallest absolute Gasteiger partial charge is 0.338 e. The lowest BCUT2D eigenvalue weighted by Crippen LogP contribution is -1.96. The molecule has 11 heavy (non-hydrogen) atoms. The van der Waals surface area contributed by atoms with Gasteiger partial charge in [-0.2, -0.15) is 0 Å². The van der Waals surface area contributed by atoms with E-state index in [1.807, 2.05) is 14.0 Å². The highest BCUT2D eigenvalue weighted by molar-refractivity contribution is 9.10. The summed E-state index contributed by atoms with van der Waals surface area (Å²) in [5.41, 5.74) is 1.24. The molecule has 4 heteroatoms. The van der Waals surface area contributed by atoms with Crippen LogP contribution in [-0.2, 0) is 7.05 Å². The first-order valence-electron chi connectivity index (χ1n) is 3.09. The molecule has 1 N–H and O–H groups in total. The van der Waals surface area contributed by atoms with E-state index in [2.05, 4.69) is 15.9 Å². The molecule has 1 rings (SSSR count). The number of aryl methyl sites for hydroxylation is 1. The van der Waals surface area contributed by atoms with Crippen molar-refractivity contribution in [3.63, 3.8) is 0 Å². The van der Waals surface area contributed by atoms with E-state index in [1.165, 1.54) is 0 Å². The van der Waals surface area contributed by atoms with Gasteiger partial charge in [-0.05, 0) is 28.9 Å². The van der Waals surface area contributed by atoms with Crippen LogP contribution in [0.2, 0.25) is 0 Å². The van der Waals surface area contributed by atoms with Crippen molar-refractivity contribution in [3.05, 3.63) is 21.9 Å². The Morgan fingerprint density at radius 3 is 2.45 bits per heavy atom. The van der Waals surface area contributed by atoms with E-state index in [1.54, 1.807) is 10.6 Å². The van der Waals surface area contributed by atoms with Gasteiger partial charge in [-0.3, -0.25) is 0 Å². The van der Waals surface area contributed by atoms with Gasteiger partial charge in [0.2, 0.25) is 0 Å². The van der Waals surface area contributed by atoms with E-state index in [-0.39, 0.29) is 0 Å². The van der Waals surface area contributed by atoms with Crippen molar-refractivity contribution < 1.29 is 9.90 Å². The van der Waals surface area contributed by atoms with Gasteiger partial charge in [0.1, 0.15) is 0 Å². The molecule has 1 aromatic rings. The zero-order chi connectivity index (χ0) is 8.59. The van der Waals surface area contributed by atoms with Crippen molar-refractivity contribution in [2.75, 3.05) is 0 Å². The van der Waals surface area contributed by atoms with Crippen molar-refractivity contribution in [2.45, 2.75) is 6.92 Å². The second-order valence-electron chi connectivity index (χ2n) is 2.35. The van der Waals surface area contributed by atoms with Crippen molar-refractivity contribution in [2.24, 2.45) is 7.05 Å². The van der Waals surface area contributed by atoms with Crippen LogP contribution in [0.3, 0.4) is 0 Å². The molecule has 1 aromatic heterocycles. The number of carbonyl (C=O) groups is 1. The van der Waals surface area contributed by atoms with Gasteiger partial charge in [-0.25, -0.2) is 4.79 Å². The number of hydrogen-bond donors (Lipinski definition) is 1. The molecule has 0 fully saturated rings. The zero-order valence-electron chi connectivity index (χ0n) is 6.26. The Balaban J connectivity index is 3.29. The van der Waals surface area contributed by atoms with Crippen LogP contribution < -0.4 is 0 Å². The van der Waals surface area contributed by atoms with Crippen molar-refractivity contribution >= 4 is 21.9 Å². The first-order valence-corrected chi connectivity index (χ1v) is 3.88. The van der Waals surface area contributed by atoms with Crippen LogP contribution in [0.1, 0.15) is 16.1 Å². The van der Waals surface area contributed by atoms with Gasteiger partial charge in [0, 0.05) is 12.7 Å². The average Bonchev–Trinajstić information content (AvgIpc) is 2.17. The molecule has 3 nitrogen and oxygen atoms in total. The van der Waals surface area contributed by atoms with Gasteiger partial charge in [0.25, 0.3) is 0 Å². The summed E-state index contributed by atoms with van der Waals surface area (Å²) in [5.74, 6) is -0.902. The fourth-order valence-electron chi connectivity index (χ4n) is 0.851. The third kappa shape index (κ3) is 1.30. The number of halogens is 1. The molecular formula is C7H8BrNO2. The summed E-state index contributed by atoms with van der Waals surface area (Å²) < 4.78 is 2.39. The second kappa shape index (κ2) is 2.70. The predicted molar refractivity (Wildman–Crippen MR) is 44.8 cm³/mol. The van der Waals surface area contributed by atoms with E-state index in [4.69, 9.17) is 5.11 Å². The molecule has 0 aliphatic rings. The maximum absolute atomic E-state index is 10.5. The minimum Gasteiger partial charge on any atom is -0.478 e. The first kappa shape index (κ1) is 8.33. The number of carboxylic acid groups (broad SMARTS) is 1. The number of aromatic carboxylic acids is 1. The van der Waals surface area contributed by atoms with Gasteiger partial charge < -0.3 is 9.67 Å². The quantitative estimate of drug-likeness (QED) is 0.780. The molecule has 0 aromatic carbocycles. The predicted octanol–water partition coefficient (Wildman–Crippen LogP) is 1.79. The van der Waals surface area contributed by atoms with E-state index in [9.17, 15) is 4.79 Å². The summed E-state index contributed by atoms with van der Waals surface area (Å²) >= 11 is 3.18. The molecule has 0 unspecified atom stereocenters. The Morgan fingerprint density at radius 2 is 2.27 bits per heavy atom. The maximum Gasteiger partial charge on any atom is 0.338 e. The molecule has 60 valence electrons. The SMILES string of the molecule is Cc1cc(C(=O)O)c(Br)n1C. The number of nitrogens with zero attached hydrogens (tertiary/aromatic N) is 1. The average molecular weight is 218 g/mol. The van der Waals surface area contributed by atoms with Crippen LogP contribution in [0.15, 0.2) is 10.7 Å². The summed E-state index contributed by atoms with van der Waals surface area (Å²) in [6, 6.07) is 1.63. The molecular weight excluding hydrogens is 210 g/mol. The molecule has 0 saturated heterocycles. The molecule has 0 radical (unpaired) electrons. The standard InChI is InChI=1S/C7H8BrNO2/c1-4-3-5(7(10)11)6(8)9(4)2/h3H,1-2H3,(H,10,11). The molecule has 0 saturated carbocycles. The topological polar surface area (TPSA) is 42.2 Å². The van der Waals surface area contributed by atoms with Gasteiger partial charge in [-0.1, -0.05) is 0 Å². The normalized spacial score (nSPS) is 10.1. The lowest BCUT2D eigenvalue weighted by molar-refractivity contribution is 0.0696. The fraction of sp³-hybridized carbons (Fsp3) is 0.286. The van der Waals surface area contributed by atoms with Gasteiger partial charge in [0.15, 0.2) is 0 Å². The number of carboxylic acids is 1. The molecule has 0 spiro atoms. The van der Waals surface area contributed by atoms with Crippen LogP contribution in [0.5, 0.6) is 0 Å². The molecule has 0 atom stereocenters. The van der Waals surface area contributed by atoms with Gasteiger partial charge >= 0.3 is 5.97 Å². The lowest BCUT2D eigenvalue weighted by Gasteiger charge is -1.96. The van der Waals surface area contributed by atoms with Gasteiger partial charge in [-0.15, -0.1) is 0 Å². The fourth-order valence-corrected chi connectivity index (χ4v) is 1.41. The lowest BCUT2D eigenvalue weighted by atomic mass is 10.3. The Hall–Kier alpha value is -0.770. The molecule has 0 amide bonds. The minimum absolute atomic E-state index is 0.310. The summed E-state index contributed by atoms with van der Waals surface area (Å²) in [6.45, 7) is 1.86. The summed E-state index contributed by atoms with van der Waals surface area (Å²) in [6.07, 6.45) is 0. The maximum atomic E-state index is 10.5. The summed E-state index contributed by atoms with van der Waals surface area (Å²) in [5, 5.41) is 8.66.